The second kappa shape index (κ2) is 6.01. The molecular formula is C6H14O3. The van der Waals surface area contributed by atoms with E-state index in [9.17, 15) is 0 Å². The fourth-order valence-corrected chi connectivity index (χ4v) is 0.308. The lowest BCUT2D eigenvalue weighted by molar-refractivity contribution is -0.274. The summed E-state index contributed by atoms with van der Waals surface area (Å²) in [5.41, 5.74) is 0. The van der Waals surface area contributed by atoms with Gasteiger partial charge in [0.25, 0.3) is 0 Å². The number of hydrogen-bond donors (Lipinski definition) is 0. The zero-order chi connectivity index (χ0) is 7.11. The summed E-state index contributed by atoms with van der Waals surface area (Å²) in [6.07, 6.45) is 0.306. The molecule has 1 atom stereocenters. The second-order valence-corrected chi connectivity index (χ2v) is 1.41. The number of rotatable bonds is 3. The van der Waals surface area contributed by atoms with Crippen LogP contribution in [-0.4, -0.2) is 26.4 Å². The van der Waals surface area contributed by atoms with Crippen molar-refractivity contribution < 1.29 is 14.5 Å². The highest BCUT2D eigenvalue weighted by atomic mass is 17.2. The normalized spacial score (nSPS) is 22.3. The fraction of sp³-hybridized carbons (Fsp3) is 1.00. The first-order valence-electron chi connectivity index (χ1n) is 3.20. The maximum atomic E-state index is 4.81. The number of hydrogen-bond acceptors (Lipinski definition) is 3. The zero-order valence-electron chi connectivity index (χ0n) is 6.22. The smallest absolute Gasteiger partial charge is 0.111 e. The van der Waals surface area contributed by atoms with E-state index in [-0.39, 0.29) is 0 Å². The first-order valence-corrected chi connectivity index (χ1v) is 3.20. The van der Waals surface area contributed by atoms with Crippen LogP contribution < -0.4 is 0 Å². The largest absolute Gasteiger partial charge is 0.370 e. The lowest BCUT2D eigenvalue weighted by atomic mass is 10.5. The number of ether oxygens (including phenoxy) is 1. The van der Waals surface area contributed by atoms with Crippen molar-refractivity contribution in [2.45, 2.75) is 20.0 Å². The Labute approximate surface area is 55.8 Å². The summed E-state index contributed by atoms with van der Waals surface area (Å²) in [7, 11) is 1.49. The molecule has 0 amide bonds. The van der Waals surface area contributed by atoms with Gasteiger partial charge in [-0.3, -0.25) is 0 Å². The van der Waals surface area contributed by atoms with E-state index in [0.29, 0.717) is 12.7 Å². The molecule has 0 bridgehead atoms. The molecule has 0 spiro atoms. The molecule has 0 aromatic rings. The van der Waals surface area contributed by atoms with Crippen molar-refractivity contribution in [2.75, 3.05) is 20.3 Å². The molecule has 3 nitrogen and oxygen atoms in total. The maximum absolute atomic E-state index is 4.81. The van der Waals surface area contributed by atoms with Gasteiger partial charge in [0.05, 0.1) is 13.7 Å². The van der Waals surface area contributed by atoms with Gasteiger partial charge in [-0.1, -0.05) is 13.8 Å². The van der Waals surface area contributed by atoms with Crippen LogP contribution in [0.15, 0.2) is 0 Å². The van der Waals surface area contributed by atoms with Gasteiger partial charge in [0.15, 0.2) is 0 Å². The van der Waals surface area contributed by atoms with Gasteiger partial charge in [-0.05, 0) is 0 Å². The summed E-state index contributed by atoms with van der Waals surface area (Å²) in [6, 6.07) is 0. The van der Waals surface area contributed by atoms with E-state index in [1.165, 1.54) is 7.11 Å². The van der Waals surface area contributed by atoms with Crippen LogP contribution in [0.3, 0.4) is 0 Å². The Balaban J connectivity index is 0.000000291. The molecular weight excluding hydrogens is 120 g/mol. The molecule has 1 rings (SSSR count). The molecule has 9 heavy (non-hydrogen) atoms. The summed E-state index contributed by atoms with van der Waals surface area (Å²) in [5.74, 6) is 0. The second-order valence-electron chi connectivity index (χ2n) is 1.41. The molecule has 0 saturated carbocycles. The minimum atomic E-state index is 0.306. The van der Waals surface area contributed by atoms with Crippen LogP contribution >= 0.6 is 0 Å². The summed E-state index contributed by atoms with van der Waals surface area (Å²) in [6.45, 7) is 5.39. The minimum absolute atomic E-state index is 0.306. The average Bonchev–Trinajstić information content (AvgIpc) is 2.71. The molecule has 0 aromatic carbocycles. The Morgan fingerprint density at radius 2 is 2.11 bits per heavy atom. The third kappa shape index (κ3) is 5.76. The van der Waals surface area contributed by atoms with Crippen LogP contribution in [0.4, 0.5) is 0 Å². The predicted octanol–water partition coefficient (Wildman–Crippen LogP) is 0.989. The topological polar surface area (TPSA) is 31.0 Å². The third-order valence-electron chi connectivity index (χ3n) is 0.774. The van der Waals surface area contributed by atoms with Gasteiger partial charge in [0, 0.05) is 0 Å². The quantitative estimate of drug-likeness (QED) is 0.327. The van der Waals surface area contributed by atoms with Crippen molar-refractivity contribution in [1.82, 2.24) is 0 Å². The molecule has 1 heterocycles. The predicted molar refractivity (Wildman–Crippen MR) is 34.0 cm³/mol. The third-order valence-corrected chi connectivity index (χ3v) is 0.774. The highest BCUT2D eigenvalue weighted by molar-refractivity contribution is 4.65. The van der Waals surface area contributed by atoms with Crippen LogP contribution in [-0.2, 0) is 14.5 Å². The molecule has 3 heteroatoms. The van der Waals surface area contributed by atoms with Gasteiger partial charge in [-0.2, -0.15) is 0 Å². The lowest BCUT2D eigenvalue weighted by Crippen LogP contribution is -1.98. The first-order chi connectivity index (χ1) is 4.43. The van der Waals surface area contributed by atoms with E-state index in [0.717, 1.165) is 6.61 Å². The van der Waals surface area contributed by atoms with E-state index in [2.05, 4.69) is 9.78 Å². The molecule has 0 radical (unpaired) electrons. The Hall–Kier alpha value is -0.120. The summed E-state index contributed by atoms with van der Waals surface area (Å²) >= 11 is 0. The van der Waals surface area contributed by atoms with Gasteiger partial charge in [-0.25, -0.2) is 9.78 Å². The molecule has 1 fully saturated rings. The highest BCUT2D eigenvalue weighted by Crippen LogP contribution is 2.07. The minimum Gasteiger partial charge on any atom is -0.370 e. The standard InChI is InChI=1S/C4H8O3.C2H6/c1-5-7-3-4-2-6-4;1-2/h4H,2-3H2,1H3;1-2H3. The van der Waals surface area contributed by atoms with Gasteiger partial charge in [0.2, 0.25) is 0 Å². The van der Waals surface area contributed by atoms with Gasteiger partial charge in [-0.15, -0.1) is 0 Å². The van der Waals surface area contributed by atoms with Crippen molar-refractivity contribution in [1.29, 1.82) is 0 Å². The van der Waals surface area contributed by atoms with Crippen LogP contribution in [0.2, 0.25) is 0 Å². The van der Waals surface area contributed by atoms with E-state index in [4.69, 9.17) is 4.74 Å². The van der Waals surface area contributed by atoms with Crippen molar-refractivity contribution in [3.63, 3.8) is 0 Å². The van der Waals surface area contributed by atoms with Crippen molar-refractivity contribution >= 4 is 0 Å². The Bertz CT molecular complexity index is 52.3. The molecule has 0 aliphatic carbocycles. The molecule has 0 aromatic heterocycles. The van der Waals surface area contributed by atoms with Gasteiger partial charge < -0.3 is 4.74 Å². The van der Waals surface area contributed by atoms with E-state index in [1.54, 1.807) is 0 Å². The van der Waals surface area contributed by atoms with Crippen LogP contribution in [0, 0.1) is 0 Å². The van der Waals surface area contributed by atoms with Crippen LogP contribution in [0.5, 0.6) is 0 Å². The molecule has 1 aliphatic rings. The molecule has 56 valence electrons. The molecule has 1 aliphatic heterocycles. The molecule has 1 saturated heterocycles. The Morgan fingerprint density at radius 1 is 1.56 bits per heavy atom. The maximum Gasteiger partial charge on any atom is 0.111 e. The molecule has 1 unspecified atom stereocenters. The molecule has 0 N–H and O–H groups in total. The van der Waals surface area contributed by atoms with E-state index < -0.39 is 0 Å². The monoisotopic (exact) mass is 134 g/mol. The van der Waals surface area contributed by atoms with E-state index >= 15 is 0 Å². The Kier molecular flexibility index (Phi) is 5.93. The summed E-state index contributed by atoms with van der Waals surface area (Å²) in [4.78, 5) is 8.85. The van der Waals surface area contributed by atoms with Crippen molar-refractivity contribution in [3.05, 3.63) is 0 Å². The van der Waals surface area contributed by atoms with Gasteiger partial charge >= 0.3 is 0 Å². The van der Waals surface area contributed by atoms with Gasteiger partial charge in [0.1, 0.15) is 12.7 Å². The van der Waals surface area contributed by atoms with Crippen molar-refractivity contribution in [2.24, 2.45) is 0 Å². The number of epoxide rings is 1. The fourth-order valence-electron chi connectivity index (χ4n) is 0.308. The summed E-state index contributed by atoms with van der Waals surface area (Å²) in [5, 5.41) is 0. The van der Waals surface area contributed by atoms with Crippen LogP contribution in [0.1, 0.15) is 13.8 Å². The zero-order valence-corrected chi connectivity index (χ0v) is 6.22. The van der Waals surface area contributed by atoms with E-state index in [1.807, 2.05) is 13.8 Å². The SMILES string of the molecule is CC.COOCC1CO1. The first kappa shape index (κ1) is 8.88. The lowest BCUT2D eigenvalue weighted by Gasteiger charge is -1.91. The Morgan fingerprint density at radius 3 is 2.44 bits per heavy atom. The summed E-state index contributed by atoms with van der Waals surface area (Å²) < 4.78 is 4.81. The highest BCUT2D eigenvalue weighted by Gasteiger charge is 2.22. The average molecular weight is 134 g/mol. The van der Waals surface area contributed by atoms with Crippen molar-refractivity contribution in [3.8, 4) is 0 Å². The van der Waals surface area contributed by atoms with Crippen LogP contribution in [0.25, 0.3) is 0 Å².